The molecule has 1 fully saturated rings. The van der Waals surface area contributed by atoms with Crippen LogP contribution in [0.25, 0.3) is 17.1 Å². The maximum absolute atomic E-state index is 13.2. The van der Waals surface area contributed by atoms with Crippen LogP contribution in [0.3, 0.4) is 0 Å². The average Bonchev–Trinajstić information content (AvgIpc) is 3.41. The molecular formula is C20H23ClN4O2. The van der Waals surface area contributed by atoms with Gasteiger partial charge in [0.15, 0.2) is 5.76 Å². The number of carbonyl (C=O) groups excluding carboxylic acids is 1. The summed E-state index contributed by atoms with van der Waals surface area (Å²) in [5.41, 5.74) is 7.89. The van der Waals surface area contributed by atoms with Gasteiger partial charge < -0.3 is 15.1 Å². The van der Waals surface area contributed by atoms with Crippen molar-refractivity contribution < 1.29 is 9.21 Å². The summed E-state index contributed by atoms with van der Waals surface area (Å²) in [6, 6.07) is 15.1. The van der Waals surface area contributed by atoms with Gasteiger partial charge in [-0.25, -0.2) is 4.68 Å². The molecular weight excluding hydrogens is 364 g/mol. The topological polar surface area (TPSA) is 77.3 Å². The van der Waals surface area contributed by atoms with Gasteiger partial charge in [-0.1, -0.05) is 25.1 Å². The molecule has 2 N–H and O–H groups in total. The van der Waals surface area contributed by atoms with E-state index in [2.05, 4.69) is 12.0 Å². The van der Waals surface area contributed by atoms with Crippen LogP contribution < -0.4 is 5.73 Å². The third kappa shape index (κ3) is 3.63. The molecule has 1 unspecified atom stereocenters. The van der Waals surface area contributed by atoms with Crippen LogP contribution >= 0.6 is 12.4 Å². The summed E-state index contributed by atoms with van der Waals surface area (Å²) in [6.07, 6.45) is 2.52. The molecule has 0 bridgehead atoms. The number of halogens is 1. The van der Waals surface area contributed by atoms with Crippen LogP contribution in [0.4, 0.5) is 0 Å². The Morgan fingerprint density at radius 2 is 2.04 bits per heavy atom. The quantitative estimate of drug-likeness (QED) is 0.745. The minimum atomic E-state index is -0.0312. The lowest BCUT2D eigenvalue weighted by Crippen LogP contribution is -2.35. The van der Waals surface area contributed by atoms with E-state index in [-0.39, 0.29) is 23.7 Å². The molecule has 2 aromatic heterocycles. The minimum Gasteiger partial charge on any atom is -0.463 e. The summed E-state index contributed by atoms with van der Waals surface area (Å²) in [6.45, 7) is 4.08. The van der Waals surface area contributed by atoms with Gasteiger partial charge in [-0.2, -0.15) is 5.10 Å². The fourth-order valence-corrected chi connectivity index (χ4v) is 3.37. The summed E-state index contributed by atoms with van der Waals surface area (Å²) < 4.78 is 7.15. The van der Waals surface area contributed by atoms with E-state index in [1.165, 1.54) is 0 Å². The van der Waals surface area contributed by atoms with Gasteiger partial charge in [0, 0.05) is 19.2 Å². The third-order valence-electron chi connectivity index (χ3n) is 5.04. The summed E-state index contributed by atoms with van der Waals surface area (Å²) >= 11 is 0. The first-order chi connectivity index (χ1) is 12.6. The molecule has 1 saturated heterocycles. The first-order valence-electron chi connectivity index (χ1n) is 8.78. The predicted molar refractivity (Wildman–Crippen MR) is 106 cm³/mol. The van der Waals surface area contributed by atoms with Crippen molar-refractivity contribution in [1.29, 1.82) is 0 Å². The zero-order valence-corrected chi connectivity index (χ0v) is 16.0. The van der Waals surface area contributed by atoms with Crippen molar-refractivity contribution in [2.45, 2.75) is 13.3 Å². The summed E-state index contributed by atoms with van der Waals surface area (Å²) in [5.74, 6) is 0.610. The van der Waals surface area contributed by atoms with Crippen LogP contribution in [0, 0.1) is 5.41 Å². The zero-order valence-electron chi connectivity index (χ0n) is 15.2. The maximum atomic E-state index is 13.2. The van der Waals surface area contributed by atoms with Gasteiger partial charge in [-0.15, -0.1) is 12.4 Å². The molecule has 1 aliphatic heterocycles. The van der Waals surface area contributed by atoms with Gasteiger partial charge in [0.2, 0.25) is 0 Å². The number of para-hydroxylation sites is 1. The Bertz CT molecular complexity index is 907. The van der Waals surface area contributed by atoms with Crippen LogP contribution in [-0.2, 0) is 0 Å². The molecule has 27 heavy (non-hydrogen) atoms. The minimum absolute atomic E-state index is 0. The number of amides is 1. The molecule has 1 aliphatic rings. The van der Waals surface area contributed by atoms with Gasteiger partial charge in [-0.3, -0.25) is 4.79 Å². The molecule has 1 amide bonds. The highest BCUT2D eigenvalue weighted by Crippen LogP contribution is 2.30. The molecule has 0 saturated carbocycles. The highest BCUT2D eigenvalue weighted by molar-refractivity contribution is 5.94. The van der Waals surface area contributed by atoms with Gasteiger partial charge in [-0.05, 0) is 42.6 Å². The number of nitrogens with zero attached hydrogens (tertiary/aromatic N) is 3. The Kier molecular flexibility index (Phi) is 5.39. The van der Waals surface area contributed by atoms with Crippen molar-refractivity contribution >= 4 is 18.3 Å². The fourth-order valence-electron chi connectivity index (χ4n) is 3.37. The number of nitrogens with two attached hydrogens (primary N) is 1. The van der Waals surface area contributed by atoms with Crippen molar-refractivity contribution in [1.82, 2.24) is 14.7 Å². The molecule has 1 aromatic carbocycles. The molecule has 7 heteroatoms. The molecule has 0 radical (unpaired) electrons. The Morgan fingerprint density at radius 3 is 2.67 bits per heavy atom. The number of carbonyl (C=O) groups is 1. The highest BCUT2D eigenvalue weighted by atomic mass is 35.5. The van der Waals surface area contributed by atoms with Crippen LogP contribution in [0.1, 0.15) is 23.8 Å². The number of rotatable bonds is 4. The fraction of sp³-hybridized carbons (Fsp3) is 0.300. The number of furan rings is 1. The van der Waals surface area contributed by atoms with Crippen LogP contribution in [0.2, 0.25) is 0 Å². The maximum Gasteiger partial charge on any atom is 0.272 e. The molecule has 3 aromatic rings. The largest absolute Gasteiger partial charge is 0.463 e. The van der Waals surface area contributed by atoms with E-state index in [0.717, 1.165) is 12.1 Å². The summed E-state index contributed by atoms with van der Waals surface area (Å²) in [5, 5.41) is 4.62. The van der Waals surface area contributed by atoms with Crippen LogP contribution in [-0.4, -0.2) is 40.2 Å². The second-order valence-corrected chi connectivity index (χ2v) is 7.13. The number of benzene rings is 1. The van der Waals surface area contributed by atoms with Crippen LogP contribution in [0.15, 0.2) is 59.2 Å². The summed E-state index contributed by atoms with van der Waals surface area (Å²) in [7, 11) is 0. The molecule has 6 nitrogen and oxygen atoms in total. The second kappa shape index (κ2) is 7.58. The van der Waals surface area contributed by atoms with E-state index in [1.807, 2.05) is 47.4 Å². The van der Waals surface area contributed by atoms with Gasteiger partial charge in [0.05, 0.1) is 12.0 Å². The third-order valence-corrected chi connectivity index (χ3v) is 5.04. The molecule has 4 rings (SSSR count). The average molecular weight is 387 g/mol. The molecule has 0 aliphatic carbocycles. The smallest absolute Gasteiger partial charge is 0.272 e. The lowest BCUT2D eigenvalue weighted by molar-refractivity contribution is 0.0768. The Hall–Kier alpha value is -2.57. The number of aromatic nitrogens is 2. The lowest BCUT2D eigenvalue weighted by Gasteiger charge is -2.22. The zero-order chi connectivity index (χ0) is 18.1. The molecule has 1 atom stereocenters. The molecule has 0 spiro atoms. The van der Waals surface area contributed by atoms with E-state index in [1.54, 1.807) is 17.0 Å². The van der Waals surface area contributed by atoms with Crippen molar-refractivity contribution in [2.24, 2.45) is 11.1 Å². The molecule has 3 heterocycles. The van der Waals surface area contributed by atoms with Crippen molar-refractivity contribution in [2.75, 3.05) is 19.6 Å². The van der Waals surface area contributed by atoms with E-state index < -0.39 is 0 Å². The Labute approximate surface area is 164 Å². The Balaban J connectivity index is 0.00000210. The first kappa shape index (κ1) is 19.2. The second-order valence-electron chi connectivity index (χ2n) is 7.13. The van der Waals surface area contributed by atoms with E-state index in [9.17, 15) is 4.79 Å². The van der Waals surface area contributed by atoms with Gasteiger partial charge in [0.25, 0.3) is 5.91 Å². The lowest BCUT2D eigenvalue weighted by atomic mass is 9.90. The van der Waals surface area contributed by atoms with Crippen molar-refractivity contribution in [3.63, 3.8) is 0 Å². The summed E-state index contributed by atoms with van der Waals surface area (Å²) in [4.78, 5) is 15.1. The number of hydrogen-bond donors (Lipinski definition) is 1. The highest BCUT2D eigenvalue weighted by Gasteiger charge is 2.36. The van der Waals surface area contributed by atoms with Crippen LogP contribution in [0.5, 0.6) is 0 Å². The van der Waals surface area contributed by atoms with E-state index in [4.69, 9.17) is 10.2 Å². The molecule has 142 valence electrons. The first-order valence-corrected chi connectivity index (χ1v) is 8.78. The van der Waals surface area contributed by atoms with E-state index >= 15 is 0 Å². The number of hydrogen-bond acceptors (Lipinski definition) is 4. The normalized spacial score (nSPS) is 19.1. The van der Waals surface area contributed by atoms with Gasteiger partial charge >= 0.3 is 0 Å². The van der Waals surface area contributed by atoms with Gasteiger partial charge in [0.1, 0.15) is 11.4 Å². The van der Waals surface area contributed by atoms with E-state index in [0.29, 0.717) is 36.8 Å². The van der Waals surface area contributed by atoms with Crippen molar-refractivity contribution in [3.8, 4) is 17.1 Å². The number of likely N-dealkylation sites (tertiary alicyclic amines) is 1. The standard InChI is InChI=1S/C20H22N4O2.ClH/c1-20(13-21)9-10-23(14-20)19(25)17-12-16(18-8-5-11-26-18)22-24(17)15-6-3-2-4-7-15;/h2-8,11-12H,9-10,13-14,21H2,1H3;1H. The SMILES string of the molecule is CC1(CN)CCN(C(=O)c2cc(-c3ccco3)nn2-c2ccccc2)C1.Cl. The predicted octanol–water partition coefficient (Wildman–Crippen LogP) is 3.37. The Morgan fingerprint density at radius 1 is 1.26 bits per heavy atom. The van der Waals surface area contributed by atoms with Crippen molar-refractivity contribution in [3.05, 3.63) is 60.5 Å². The monoisotopic (exact) mass is 386 g/mol.